The lowest BCUT2D eigenvalue weighted by molar-refractivity contribution is 0.320. The van der Waals surface area contributed by atoms with E-state index in [0.717, 1.165) is 49.0 Å². The van der Waals surface area contributed by atoms with Gasteiger partial charge in [0.1, 0.15) is 18.2 Å². The molecule has 0 aromatic heterocycles. The Bertz CT molecular complexity index is 563. The molecule has 0 radical (unpaired) electrons. The molecule has 140 valence electrons. The molecule has 1 aliphatic carbocycles. The van der Waals surface area contributed by atoms with Crippen molar-refractivity contribution in [1.29, 1.82) is 0 Å². The van der Waals surface area contributed by atoms with Gasteiger partial charge in [-0.3, -0.25) is 5.73 Å². The summed E-state index contributed by atoms with van der Waals surface area (Å²) in [6.07, 6.45) is 11.9. The fourth-order valence-corrected chi connectivity index (χ4v) is 3.31. The maximum atomic E-state index is 10.5. The number of allylic oxidation sites excluding steroid dienone is 3. The van der Waals surface area contributed by atoms with Crippen LogP contribution in [0.25, 0.3) is 0 Å². The average Bonchev–Trinajstić information content (AvgIpc) is 2.56. The van der Waals surface area contributed by atoms with Crippen LogP contribution in [0.4, 0.5) is 0 Å². The van der Waals surface area contributed by atoms with Crippen LogP contribution in [0.3, 0.4) is 0 Å². The molecule has 0 aliphatic heterocycles. The van der Waals surface area contributed by atoms with E-state index in [2.05, 4.69) is 32.6 Å². The molecular weight excluding hydrogens is 310 g/mol. The van der Waals surface area contributed by atoms with E-state index in [1.54, 1.807) is 6.08 Å². The number of nitrogens with two attached hydrogens (primary N) is 1. The average molecular weight is 346 g/mol. The van der Waals surface area contributed by atoms with Crippen molar-refractivity contribution in [1.82, 2.24) is 0 Å². The van der Waals surface area contributed by atoms with E-state index in [-0.39, 0.29) is 12.6 Å². The van der Waals surface area contributed by atoms with Crippen LogP contribution < -0.4 is 10.5 Å². The lowest BCUT2D eigenvalue weighted by atomic mass is 9.84. The van der Waals surface area contributed by atoms with Crippen molar-refractivity contribution in [3.05, 3.63) is 47.6 Å². The molecule has 3 N–H and O–H groups in total. The number of unbranched alkanes of at least 4 members (excludes halogenated alkanes) is 2. The van der Waals surface area contributed by atoms with E-state index in [1.165, 1.54) is 18.4 Å². The fourth-order valence-electron chi connectivity index (χ4n) is 3.31. The van der Waals surface area contributed by atoms with Gasteiger partial charge < -0.3 is 9.84 Å². The topological polar surface area (TPSA) is 55.5 Å². The van der Waals surface area contributed by atoms with Gasteiger partial charge in [0.25, 0.3) is 0 Å². The first-order valence-corrected chi connectivity index (χ1v) is 9.50. The Morgan fingerprint density at radius 1 is 1.36 bits per heavy atom. The van der Waals surface area contributed by atoms with Crippen molar-refractivity contribution in [2.24, 2.45) is 5.73 Å². The first-order valence-electron chi connectivity index (χ1n) is 9.50. The van der Waals surface area contributed by atoms with Crippen LogP contribution in [-0.2, 0) is 6.42 Å². The van der Waals surface area contributed by atoms with Gasteiger partial charge in [-0.05, 0) is 63.6 Å². The summed E-state index contributed by atoms with van der Waals surface area (Å²) in [7, 11) is 0. The first-order chi connectivity index (χ1) is 12.1. The van der Waals surface area contributed by atoms with Gasteiger partial charge in [0.15, 0.2) is 0 Å². The van der Waals surface area contributed by atoms with Crippen molar-refractivity contribution < 1.29 is 9.84 Å². The van der Waals surface area contributed by atoms with Crippen molar-refractivity contribution in [3.63, 3.8) is 0 Å². The predicted octanol–water partition coefficient (Wildman–Crippen LogP) is 5.83. The van der Waals surface area contributed by atoms with E-state index in [9.17, 15) is 5.11 Å². The number of hydrogen-bond acceptors (Lipinski definition) is 3. The highest BCUT2D eigenvalue weighted by Crippen LogP contribution is 2.42. The lowest BCUT2D eigenvalue weighted by Gasteiger charge is -2.23. The van der Waals surface area contributed by atoms with Gasteiger partial charge in [0.2, 0.25) is 0 Å². The highest BCUT2D eigenvalue weighted by atomic mass is 16.5. The standard InChI is InChI=1S/C19H29NO2.C3H6/c1-3-4-5-8-15-11-17(21)19(18(12-15)22-13-20)16-9-6-7-14(2)10-16;1-3-2/h10-12,16,21H,3-9,13,20H2,1-2H3;3H,1H2,2H3. The predicted molar refractivity (Wildman–Crippen MR) is 107 cm³/mol. The third kappa shape index (κ3) is 6.95. The number of benzene rings is 1. The summed E-state index contributed by atoms with van der Waals surface area (Å²) in [5, 5.41) is 10.5. The van der Waals surface area contributed by atoms with Crippen LogP contribution in [0.2, 0.25) is 0 Å². The van der Waals surface area contributed by atoms with Gasteiger partial charge in [-0.2, -0.15) is 0 Å². The van der Waals surface area contributed by atoms with E-state index < -0.39 is 0 Å². The number of ether oxygens (including phenoxy) is 1. The molecule has 3 heteroatoms. The van der Waals surface area contributed by atoms with Gasteiger partial charge in [0.05, 0.1) is 0 Å². The number of rotatable bonds is 7. The SMILES string of the molecule is C=CC.CCCCCc1cc(O)c(C2C=C(C)CCC2)c(OCN)c1. The third-order valence-electron chi connectivity index (χ3n) is 4.43. The normalized spacial score (nSPS) is 16.5. The second-order valence-electron chi connectivity index (χ2n) is 6.71. The minimum absolute atomic E-state index is 0.139. The molecule has 1 aromatic carbocycles. The Labute approximate surface area is 153 Å². The molecule has 1 aromatic rings. The van der Waals surface area contributed by atoms with E-state index in [4.69, 9.17) is 10.5 Å². The Balaban J connectivity index is 0.000000970. The van der Waals surface area contributed by atoms with E-state index >= 15 is 0 Å². The summed E-state index contributed by atoms with van der Waals surface area (Å²) in [6.45, 7) is 9.74. The van der Waals surface area contributed by atoms with Crippen LogP contribution in [0.5, 0.6) is 11.5 Å². The van der Waals surface area contributed by atoms with Crippen LogP contribution in [0.15, 0.2) is 36.4 Å². The van der Waals surface area contributed by atoms with Gasteiger partial charge >= 0.3 is 0 Å². The molecule has 1 aliphatic rings. The van der Waals surface area contributed by atoms with Gasteiger partial charge in [-0.25, -0.2) is 0 Å². The van der Waals surface area contributed by atoms with Crippen molar-refractivity contribution in [2.45, 2.75) is 71.6 Å². The lowest BCUT2D eigenvalue weighted by Crippen LogP contribution is -2.11. The van der Waals surface area contributed by atoms with Crippen molar-refractivity contribution >= 4 is 0 Å². The number of aromatic hydroxyl groups is 1. The number of aryl methyl sites for hydroxylation is 1. The number of phenolic OH excluding ortho intramolecular Hbond substituents is 1. The zero-order valence-corrected chi connectivity index (χ0v) is 16.2. The minimum atomic E-state index is 0.139. The quantitative estimate of drug-likeness (QED) is 0.371. The molecule has 0 bridgehead atoms. The Morgan fingerprint density at radius 3 is 2.68 bits per heavy atom. The molecule has 3 nitrogen and oxygen atoms in total. The monoisotopic (exact) mass is 345 g/mol. The molecule has 0 heterocycles. The van der Waals surface area contributed by atoms with Crippen molar-refractivity contribution in [2.75, 3.05) is 6.73 Å². The largest absolute Gasteiger partial charge is 0.507 e. The second-order valence-corrected chi connectivity index (χ2v) is 6.71. The zero-order valence-electron chi connectivity index (χ0n) is 16.2. The smallest absolute Gasteiger partial charge is 0.137 e. The Hall–Kier alpha value is -1.74. The summed E-state index contributed by atoms with van der Waals surface area (Å²) < 4.78 is 5.64. The summed E-state index contributed by atoms with van der Waals surface area (Å²) in [4.78, 5) is 0. The molecule has 0 saturated heterocycles. The highest BCUT2D eigenvalue weighted by molar-refractivity contribution is 5.51. The molecule has 0 saturated carbocycles. The minimum Gasteiger partial charge on any atom is -0.507 e. The Morgan fingerprint density at radius 2 is 2.08 bits per heavy atom. The third-order valence-corrected chi connectivity index (χ3v) is 4.43. The molecular formula is C22H35NO2. The molecule has 1 unspecified atom stereocenters. The highest BCUT2D eigenvalue weighted by Gasteiger charge is 2.22. The molecule has 0 amide bonds. The summed E-state index contributed by atoms with van der Waals surface area (Å²) in [6, 6.07) is 3.97. The van der Waals surface area contributed by atoms with Crippen LogP contribution in [0.1, 0.15) is 76.3 Å². The van der Waals surface area contributed by atoms with E-state index in [0.29, 0.717) is 5.75 Å². The summed E-state index contributed by atoms with van der Waals surface area (Å²) in [5.74, 6) is 1.35. The second kappa shape index (κ2) is 11.8. The number of phenols is 1. The van der Waals surface area contributed by atoms with Crippen LogP contribution >= 0.6 is 0 Å². The maximum Gasteiger partial charge on any atom is 0.137 e. The fraction of sp³-hybridized carbons (Fsp3) is 0.545. The Kier molecular flexibility index (Phi) is 10.0. The zero-order chi connectivity index (χ0) is 18.7. The first kappa shape index (κ1) is 21.3. The van der Waals surface area contributed by atoms with Crippen molar-refractivity contribution in [3.8, 4) is 11.5 Å². The van der Waals surface area contributed by atoms with Crippen LogP contribution in [-0.4, -0.2) is 11.8 Å². The summed E-state index contributed by atoms with van der Waals surface area (Å²) >= 11 is 0. The molecule has 0 fully saturated rings. The van der Waals surface area contributed by atoms with E-state index in [1.807, 2.05) is 13.0 Å². The molecule has 25 heavy (non-hydrogen) atoms. The molecule has 2 rings (SSSR count). The van der Waals surface area contributed by atoms with Gasteiger partial charge in [0, 0.05) is 11.5 Å². The van der Waals surface area contributed by atoms with Gasteiger partial charge in [-0.1, -0.05) is 37.5 Å². The number of hydrogen-bond donors (Lipinski definition) is 2. The van der Waals surface area contributed by atoms with Crippen LogP contribution in [0, 0.1) is 0 Å². The summed E-state index contributed by atoms with van der Waals surface area (Å²) in [5.41, 5.74) is 9.02. The maximum absolute atomic E-state index is 10.5. The van der Waals surface area contributed by atoms with Gasteiger partial charge in [-0.15, -0.1) is 6.58 Å². The molecule has 1 atom stereocenters. The molecule has 0 spiro atoms.